The van der Waals surface area contributed by atoms with Gasteiger partial charge in [-0.25, -0.2) is 4.79 Å². The molecule has 7 heteroatoms. The van der Waals surface area contributed by atoms with Crippen LogP contribution in [0.4, 0.5) is 0 Å². The van der Waals surface area contributed by atoms with Gasteiger partial charge in [0.15, 0.2) is 0 Å². The van der Waals surface area contributed by atoms with E-state index in [0.717, 1.165) is 24.6 Å². The maximum atomic E-state index is 11.7. The van der Waals surface area contributed by atoms with Crippen LogP contribution >= 0.6 is 15.9 Å². The summed E-state index contributed by atoms with van der Waals surface area (Å²) in [6.07, 6.45) is 8.80. The Hall–Kier alpha value is -1.11. The van der Waals surface area contributed by atoms with Gasteiger partial charge in [-0.3, -0.25) is 9.59 Å². The normalized spacial score (nSPS) is 11.9. The van der Waals surface area contributed by atoms with Crippen molar-refractivity contribution in [1.29, 1.82) is 0 Å². The minimum absolute atomic E-state index is 0.0925. The first-order valence-electron chi connectivity index (χ1n) is 8.27. The third-order valence-electron chi connectivity index (χ3n) is 3.57. The van der Waals surface area contributed by atoms with Crippen LogP contribution in [0.3, 0.4) is 0 Å². The number of carboxylic acid groups (broad SMARTS) is 2. The van der Waals surface area contributed by atoms with E-state index in [2.05, 4.69) is 21.2 Å². The smallest absolute Gasteiger partial charge is 0.326 e. The molecule has 0 aromatic heterocycles. The van der Waals surface area contributed by atoms with Gasteiger partial charge in [-0.05, 0) is 19.3 Å². The van der Waals surface area contributed by atoms with Gasteiger partial charge in [0.05, 0.1) is 0 Å². The molecule has 0 fully saturated rings. The quantitative estimate of drug-likeness (QED) is 0.292. The average Bonchev–Trinajstić information content (AvgIpc) is 2.49. The Kier molecular flexibility index (Phi) is 13.8. The van der Waals surface area contributed by atoms with Crippen molar-refractivity contribution in [3.05, 3.63) is 0 Å². The molecule has 0 aliphatic rings. The van der Waals surface area contributed by atoms with E-state index in [1.807, 2.05) is 0 Å². The van der Waals surface area contributed by atoms with Gasteiger partial charge in [0.25, 0.3) is 0 Å². The SMILES string of the molecule is O=C(O)CC[C@H](NC(=O)CCCCCCCCCCBr)C(=O)O. The molecule has 0 radical (unpaired) electrons. The Bertz CT molecular complexity index is 362. The number of aliphatic carboxylic acids is 2. The predicted molar refractivity (Wildman–Crippen MR) is 91.8 cm³/mol. The lowest BCUT2D eigenvalue weighted by atomic mass is 10.1. The van der Waals surface area contributed by atoms with Crippen LogP contribution < -0.4 is 5.32 Å². The molecule has 0 bridgehead atoms. The molecule has 1 amide bonds. The highest BCUT2D eigenvalue weighted by molar-refractivity contribution is 9.09. The lowest BCUT2D eigenvalue weighted by Crippen LogP contribution is -2.41. The first-order valence-corrected chi connectivity index (χ1v) is 9.39. The monoisotopic (exact) mass is 393 g/mol. The second-order valence-electron chi connectivity index (χ2n) is 5.66. The van der Waals surface area contributed by atoms with Crippen molar-refractivity contribution in [2.24, 2.45) is 0 Å². The van der Waals surface area contributed by atoms with Crippen LogP contribution in [0, 0.1) is 0 Å². The van der Waals surface area contributed by atoms with Gasteiger partial charge in [0.2, 0.25) is 5.91 Å². The summed E-state index contributed by atoms with van der Waals surface area (Å²) in [4.78, 5) is 33.1. The van der Waals surface area contributed by atoms with E-state index in [9.17, 15) is 14.4 Å². The van der Waals surface area contributed by atoms with Crippen molar-refractivity contribution in [2.45, 2.75) is 76.7 Å². The van der Waals surface area contributed by atoms with Crippen LogP contribution in [0.2, 0.25) is 0 Å². The fourth-order valence-electron chi connectivity index (χ4n) is 2.23. The molecule has 0 saturated heterocycles. The summed E-state index contributed by atoms with van der Waals surface area (Å²) in [6.45, 7) is 0. The maximum absolute atomic E-state index is 11.7. The third kappa shape index (κ3) is 14.2. The number of nitrogens with one attached hydrogen (secondary N) is 1. The topological polar surface area (TPSA) is 104 Å². The molecular weight excluding hydrogens is 366 g/mol. The molecule has 1 atom stereocenters. The van der Waals surface area contributed by atoms with Crippen LogP contribution in [0.25, 0.3) is 0 Å². The van der Waals surface area contributed by atoms with Gasteiger partial charge >= 0.3 is 11.9 Å². The Morgan fingerprint density at radius 1 is 0.826 bits per heavy atom. The number of carbonyl (C=O) groups excluding carboxylic acids is 1. The number of unbranched alkanes of at least 4 members (excludes halogenated alkanes) is 7. The standard InChI is InChI=1S/C16H28BrNO5/c17-12-8-6-4-2-1-3-5-7-9-14(19)18-13(16(22)23)10-11-15(20)21/h13H,1-12H2,(H,18,19)(H,20,21)(H,22,23)/t13-/m0/s1. The van der Waals surface area contributed by atoms with E-state index in [0.29, 0.717) is 6.42 Å². The summed E-state index contributed by atoms with van der Waals surface area (Å²) in [5.41, 5.74) is 0. The van der Waals surface area contributed by atoms with Gasteiger partial charge in [0, 0.05) is 18.2 Å². The van der Waals surface area contributed by atoms with Crippen LogP contribution in [-0.2, 0) is 14.4 Å². The molecule has 0 aliphatic heterocycles. The molecule has 0 unspecified atom stereocenters. The number of carbonyl (C=O) groups is 3. The van der Waals surface area contributed by atoms with Gasteiger partial charge < -0.3 is 15.5 Å². The van der Waals surface area contributed by atoms with E-state index < -0.39 is 18.0 Å². The van der Waals surface area contributed by atoms with Crippen LogP contribution in [0.1, 0.15) is 70.6 Å². The first kappa shape index (κ1) is 21.9. The molecule has 6 nitrogen and oxygen atoms in total. The number of halogens is 1. The lowest BCUT2D eigenvalue weighted by molar-refractivity contribution is -0.143. The van der Waals surface area contributed by atoms with Crippen LogP contribution in [0.5, 0.6) is 0 Å². The van der Waals surface area contributed by atoms with Gasteiger partial charge in [-0.15, -0.1) is 0 Å². The van der Waals surface area contributed by atoms with Crippen LogP contribution in [-0.4, -0.2) is 39.4 Å². The summed E-state index contributed by atoms with van der Waals surface area (Å²) in [6, 6.07) is -1.12. The average molecular weight is 394 g/mol. The molecule has 0 spiro atoms. The number of amides is 1. The van der Waals surface area contributed by atoms with Gasteiger partial charge in [0.1, 0.15) is 6.04 Å². The van der Waals surface area contributed by atoms with Gasteiger partial charge in [-0.1, -0.05) is 54.5 Å². The van der Waals surface area contributed by atoms with E-state index >= 15 is 0 Å². The molecule has 134 valence electrons. The molecule has 0 aliphatic carbocycles. The van der Waals surface area contributed by atoms with Crippen molar-refractivity contribution in [3.8, 4) is 0 Å². The summed E-state index contributed by atoms with van der Waals surface area (Å²) < 4.78 is 0. The van der Waals surface area contributed by atoms with Crippen molar-refractivity contribution >= 4 is 33.8 Å². The molecule has 0 rings (SSSR count). The first-order chi connectivity index (χ1) is 11.0. The Balaban J connectivity index is 3.67. The molecule has 0 aromatic rings. The highest BCUT2D eigenvalue weighted by Gasteiger charge is 2.20. The summed E-state index contributed by atoms with van der Waals surface area (Å²) in [7, 11) is 0. The Labute approximate surface area is 146 Å². The largest absolute Gasteiger partial charge is 0.481 e. The van der Waals surface area contributed by atoms with Crippen molar-refractivity contribution in [2.75, 3.05) is 5.33 Å². The minimum Gasteiger partial charge on any atom is -0.481 e. The van der Waals surface area contributed by atoms with E-state index in [1.165, 1.54) is 32.1 Å². The fraction of sp³-hybridized carbons (Fsp3) is 0.812. The minimum atomic E-state index is -1.19. The summed E-state index contributed by atoms with van der Waals surface area (Å²) in [5.74, 6) is -2.58. The molecular formula is C16H28BrNO5. The zero-order valence-electron chi connectivity index (χ0n) is 13.6. The fourth-order valence-corrected chi connectivity index (χ4v) is 2.63. The Morgan fingerprint density at radius 3 is 1.83 bits per heavy atom. The number of alkyl halides is 1. The molecule has 0 heterocycles. The highest BCUT2D eigenvalue weighted by atomic mass is 79.9. The summed E-state index contributed by atoms with van der Waals surface area (Å²) in [5, 5.41) is 21.0. The zero-order chi connectivity index (χ0) is 17.5. The lowest BCUT2D eigenvalue weighted by Gasteiger charge is -2.13. The Morgan fingerprint density at radius 2 is 1.35 bits per heavy atom. The van der Waals surface area contributed by atoms with E-state index in [-0.39, 0.29) is 18.7 Å². The van der Waals surface area contributed by atoms with Crippen molar-refractivity contribution in [3.63, 3.8) is 0 Å². The number of rotatable bonds is 15. The number of hydrogen-bond acceptors (Lipinski definition) is 3. The predicted octanol–water partition coefficient (Wildman–Crippen LogP) is 3.33. The summed E-state index contributed by atoms with van der Waals surface area (Å²) >= 11 is 3.41. The van der Waals surface area contributed by atoms with E-state index in [1.54, 1.807) is 0 Å². The highest BCUT2D eigenvalue weighted by Crippen LogP contribution is 2.10. The zero-order valence-corrected chi connectivity index (χ0v) is 15.1. The van der Waals surface area contributed by atoms with Crippen molar-refractivity contribution < 1.29 is 24.6 Å². The third-order valence-corrected chi connectivity index (χ3v) is 4.13. The molecule has 3 N–H and O–H groups in total. The number of hydrogen-bond donors (Lipinski definition) is 3. The van der Waals surface area contributed by atoms with Crippen molar-refractivity contribution in [1.82, 2.24) is 5.32 Å². The van der Waals surface area contributed by atoms with Crippen LogP contribution in [0.15, 0.2) is 0 Å². The van der Waals surface area contributed by atoms with Gasteiger partial charge in [-0.2, -0.15) is 0 Å². The number of carboxylic acids is 2. The molecule has 0 saturated carbocycles. The second-order valence-corrected chi connectivity index (χ2v) is 6.45. The second kappa shape index (κ2) is 14.5. The van der Waals surface area contributed by atoms with E-state index in [4.69, 9.17) is 10.2 Å². The maximum Gasteiger partial charge on any atom is 0.326 e. The molecule has 23 heavy (non-hydrogen) atoms. The molecule has 0 aromatic carbocycles.